The second-order valence-corrected chi connectivity index (χ2v) is 4.34. The average Bonchev–Trinajstić information content (AvgIpc) is 2.45. The molecule has 0 heterocycles. The molecule has 19 heavy (non-hydrogen) atoms. The van der Waals surface area contributed by atoms with Gasteiger partial charge in [0.15, 0.2) is 6.29 Å². The molecule has 102 valence electrons. The lowest BCUT2D eigenvalue weighted by Gasteiger charge is -2.10. The summed E-state index contributed by atoms with van der Waals surface area (Å²) in [6, 6.07) is 5.69. The summed E-state index contributed by atoms with van der Waals surface area (Å²) >= 11 is 0. The Hall–Kier alpha value is -1.83. The zero-order valence-electron chi connectivity index (χ0n) is 11.8. The fourth-order valence-corrected chi connectivity index (χ4v) is 1.82. The van der Waals surface area contributed by atoms with Crippen LogP contribution in [0, 0.1) is 0 Å². The third-order valence-electron chi connectivity index (χ3n) is 2.87. The summed E-state index contributed by atoms with van der Waals surface area (Å²) in [7, 11) is 0. The third kappa shape index (κ3) is 4.40. The summed E-state index contributed by atoms with van der Waals surface area (Å²) in [5.74, 6) is 0.659. The molecule has 1 rings (SSSR count). The Morgan fingerprint density at radius 2 is 2.16 bits per heavy atom. The van der Waals surface area contributed by atoms with Crippen molar-refractivity contribution in [3.8, 4) is 5.75 Å². The number of rotatable bonds is 8. The van der Waals surface area contributed by atoms with Crippen molar-refractivity contribution < 1.29 is 9.53 Å². The van der Waals surface area contributed by atoms with E-state index in [4.69, 9.17) is 4.74 Å². The van der Waals surface area contributed by atoms with Crippen molar-refractivity contribution in [2.75, 3.05) is 6.61 Å². The highest BCUT2D eigenvalue weighted by Crippen LogP contribution is 2.24. The fourth-order valence-electron chi connectivity index (χ4n) is 1.82. The van der Waals surface area contributed by atoms with Gasteiger partial charge < -0.3 is 4.74 Å². The predicted octanol–water partition coefficient (Wildman–Crippen LogP) is 4.66. The maximum atomic E-state index is 11.2. The Bertz CT molecular complexity index is 458. The molecular formula is C17H22O2. The number of hydrogen-bond acceptors (Lipinski definition) is 2. The molecule has 1 aromatic carbocycles. The van der Waals surface area contributed by atoms with E-state index in [2.05, 4.69) is 26.5 Å². The highest BCUT2D eigenvalue weighted by molar-refractivity contribution is 5.83. The SMILES string of the molecule is C=C/C(=C\CC)c1ccc(OCCCC)c(C=O)c1. The van der Waals surface area contributed by atoms with Gasteiger partial charge in [-0.15, -0.1) is 0 Å². The third-order valence-corrected chi connectivity index (χ3v) is 2.87. The molecule has 2 heteroatoms. The average molecular weight is 258 g/mol. The maximum Gasteiger partial charge on any atom is 0.153 e. The minimum absolute atomic E-state index is 0.595. The lowest BCUT2D eigenvalue weighted by atomic mass is 10.0. The standard InChI is InChI=1S/C17H22O2/c1-4-7-11-19-17-10-9-15(12-16(17)13-18)14(6-3)8-5-2/h6,8-10,12-13H,3-5,7,11H2,1-2H3/b14-8+. The normalized spacial score (nSPS) is 11.2. The van der Waals surface area contributed by atoms with Crippen molar-refractivity contribution in [3.05, 3.63) is 48.1 Å². The van der Waals surface area contributed by atoms with Gasteiger partial charge in [-0.05, 0) is 36.1 Å². The first kappa shape index (κ1) is 15.2. The molecule has 0 N–H and O–H groups in total. The Labute approximate surface area is 115 Å². The molecule has 0 saturated carbocycles. The van der Waals surface area contributed by atoms with Gasteiger partial charge in [0.1, 0.15) is 5.75 Å². The zero-order chi connectivity index (χ0) is 14.1. The summed E-state index contributed by atoms with van der Waals surface area (Å²) in [5, 5.41) is 0. The van der Waals surface area contributed by atoms with Crippen molar-refractivity contribution >= 4 is 11.9 Å². The van der Waals surface area contributed by atoms with E-state index in [0.717, 1.165) is 36.7 Å². The Balaban J connectivity index is 2.98. The van der Waals surface area contributed by atoms with E-state index in [1.807, 2.05) is 24.3 Å². The van der Waals surface area contributed by atoms with Gasteiger partial charge in [0.25, 0.3) is 0 Å². The van der Waals surface area contributed by atoms with E-state index in [1.54, 1.807) is 0 Å². The van der Waals surface area contributed by atoms with Crippen molar-refractivity contribution in [1.29, 1.82) is 0 Å². The van der Waals surface area contributed by atoms with Crippen LogP contribution in [0.2, 0.25) is 0 Å². The van der Waals surface area contributed by atoms with Gasteiger partial charge in [0.05, 0.1) is 12.2 Å². The molecule has 0 atom stereocenters. The molecule has 0 aliphatic rings. The van der Waals surface area contributed by atoms with Crippen LogP contribution in [0.5, 0.6) is 5.75 Å². The van der Waals surface area contributed by atoms with Crippen LogP contribution in [-0.4, -0.2) is 12.9 Å². The maximum absolute atomic E-state index is 11.2. The van der Waals surface area contributed by atoms with Crippen LogP contribution >= 0.6 is 0 Å². The lowest BCUT2D eigenvalue weighted by molar-refractivity contribution is 0.111. The van der Waals surface area contributed by atoms with Crippen LogP contribution < -0.4 is 4.74 Å². The molecule has 0 fully saturated rings. The number of carbonyl (C=O) groups excluding carboxylic acids is 1. The number of aldehydes is 1. The van der Waals surface area contributed by atoms with Gasteiger partial charge in [-0.2, -0.15) is 0 Å². The Morgan fingerprint density at radius 3 is 2.74 bits per heavy atom. The van der Waals surface area contributed by atoms with Gasteiger partial charge in [-0.25, -0.2) is 0 Å². The minimum atomic E-state index is 0.595. The number of unbranched alkanes of at least 4 members (excludes halogenated alkanes) is 1. The van der Waals surface area contributed by atoms with Crippen molar-refractivity contribution in [2.45, 2.75) is 33.1 Å². The largest absolute Gasteiger partial charge is 0.493 e. The molecule has 0 spiro atoms. The van der Waals surface area contributed by atoms with Crippen LogP contribution in [0.1, 0.15) is 49.0 Å². The molecule has 0 aliphatic carbocycles. The second-order valence-electron chi connectivity index (χ2n) is 4.34. The summed E-state index contributed by atoms with van der Waals surface area (Å²) in [4.78, 5) is 11.2. The highest BCUT2D eigenvalue weighted by Gasteiger charge is 2.06. The smallest absolute Gasteiger partial charge is 0.153 e. The predicted molar refractivity (Wildman–Crippen MR) is 80.7 cm³/mol. The molecule has 0 unspecified atom stereocenters. The minimum Gasteiger partial charge on any atom is -0.493 e. The second kappa shape index (κ2) is 8.30. The van der Waals surface area contributed by atoms with Crippen LogP contribution in [0.3, 0.4) is 0 Å². The van der Waals surface area contributed by atoms with Crippen LogP contribution in [0.25, 0.3) is 5.57 Å². The number of ether oxygens (including phenoxy) is 1. The van der Waals surface area contributed by atoms with Crippen molar-refractivity contribution in [3.63, 3.8) is 0 Å². The topological polar surface area (TPSA) is 26.3 Å². The number of allylic oxidation sites excluding steroid dienone is 3. The Kier molecular flexibility index (Phi) is 6.65. The van der Waals surface area contributed by atoms with E-state index in [0.29, 0.717) is 17.9 Å². The molecule has 0 aliphatic heterocycles. The molecule has 0 radical (unpaired) electrons. The first-order valence-corrected chi connectivity index (χ1v) is 6.81. The van der Waals surface area contributed by atoms with E-state index in [1.165, 1.54) is 0 Å². The van der Waals surface area contributed by atoms with Crippen LogP contribution in [-0.2, 0) is 0 Å². The molecule has 0 amide bonds. The molecule has 0 bridgehead atoms. The summed E-state index contributed by atoms with van der Waals surface area (Å²) in [6.07, 6.45) is 7.76. The molecule has 0 saturated heterocycles. The van der Waals surface area contributed by atoms with Gasteiger partial charge in [0.2, 0.25) is 0 Å². The molecule has 1 aromatic rings. The van der Waals surface area contributed by atoms with E-state index in [9.17, 15) is 4.79 Å². The van der Waals surface area contributed by atoms with Gasteiger partial charge in [0, 0.05) is 0 Å². The first-order valence-electron chi connectivity index (χ1n) is 6.81. The quantitative estimate of drug-likeness (QED) is 0.385. The fraction of sp³-hybridized carbons (Fsp3) is 0.353. The number of carbonyl (C=O) groups is 1. The van der Waals surface area contributed by atoms with E-state index < -0.39 is 0 Å². The molecule has 2 nitrogen and oxygen atoms in total. The zero-order valence-corrected chi connectivity index (χ0v) is 11.8. The summed E-state index contributed by atoms with van der Waals surface area (Å²) < 4.78 is 5.62. The summed E-state index contributed by atoms with van der Waals surface area (Å²) in [6.45, 7) is 8.64. The first-order chi connectivity index (χ1) is 9.26. The van der Waals surface area contributed by atoms with Crippen LogP contribution in [0.4, 0.5) is 0 Å². The van der Waals surface area contributed by atoms with Crippen molar-refractivity contribution in [2.24, 2.45) is 0 Å². The van der Waals surface area contributed by atoms with Gasteiger partial charge in [-0.1, -0.05) is 45.1 Å². The van der Waals surface area contributed by atoms with Gasteiger partial charge in [-0.3, -0.25) is 4.79 Å². The van der Waals surface area contributed by atoms with Crippen LogP contribution in [0.15, 0.2) is 36.9 Å². The molecular weight excluding hydrogens is 236 g/mol. The highest BCUT2D eigenvalue weighted by atomic mass is 16.5. The summed E-state index contributed by atoms with van der Waals surface area (Å²) in [5.41, 5.74) is 2.64. The van der Waals surface area contributed by atoms with Crippen molar-refractivity contribution in [1.82, 2.24) is 0 Å². The monoisotopic (exact) mass is 258 g/mol. The number of benzene rings is 1. The van der Waals surface area contributed by atoms with E-state index in [-0.39, 0.29) is 0 Å². The number of hydrogen-bond donors (Lipinski definition) is 0. The van der Waals surface area contributed by atoms with Gasteiger partial charge >= 0.3 is 0 Å². The Morgan fingerprint density at radius 1 is 1.37 bits per heavy atom. The van der Waals surface area contributed by atoms with E-state index >= 15 is 0 Å². The molecule has 0 aromatic heterocycles. The lowest BCUT2D eigenvalue weighted by Crippen LogP contribution is -2.00.